The summed E-state index contributed by atoms with van der Waals surface area (Å²) in [6.07, 6.45) is -2.29. The third-order valence-corrected chi connectivity index (χ3v) is 2.14. The number of nitrogens with one attached hydrogen (secondary N) is 1. The molecule has 0 bridgehead atoms. The minimum Gasteiger partial charge on any atom is -0.465 e. The van der Waals surface area contributed by atoms with Gasteiger partial charge >= 0.3 is 12.2 Å². The van der Waals surface area contributed by atoms with Crippen LogP contribution in [0.3, 0.4) is 0 Å². The van der Waals surface area contributed by atoms with Crippen molar-refractivity contribution < 1.29 is 19.8 Å². The molecule has 1 aromatic carbocycles. The molecule has 6 heteroatoms. The van der Waals surface area contributed by atoms with Gasteiger partial charge in [-0.25, -0.2) is 9.59 Å². The molecule has 6 nitrogen and oxygen atoms in total. The van der Waals surface area contributed by atoms with Gasteiger partial charge in [-0.3, -0.25) is 10.2 Å². The molecular weight excluding hydrogens is 212 g/mol. The first kappa shape index (κ1) is 11.8. The molecule has 0 radical (unpaired) electrons. The molecule has 2 amide bonds. The second kappa shape index (κ2) is 4.52. The molecular formula is C10H12N2O4. The minimum absolute atomic E-state index is 0.373. The Morgan fingerprint density at radius 2 is 1.94 bits per heavy atom. The zero-order chi connectivity index (χ0) is 12.3. The third-order valence-electron chi connectivity index (χ3n) is 2.14. The van der Waals surface area contributed by atoms with Gasteiger partial charge in [0.2, 0.25) is 0 Å². The summed E-state index contributed by atoms with van der Waals surface area (Å²) in [7, 11) is 1.39. The van der Waals surface area contributed by atoms with Crippen molar-refractivity contribution in [2.45, 2.75) is 6.92 Å². The van der Waals surface area contributed by atoms with Gasteiger partial charge in [0.05, 0.1) is 0 Å². The van der Waals surface area contributed by atoms with Gasteiger partial charge < -0.3 is 10.2 Å². The van der Waals surface area contributed by atoms with Crippen LogP contribution in [-0.2, 0) is 0 Å². The van der Waals surface area contributed by atoms with Gasteiger partial charge in [0.25, 0.3) is 0 Å². The summed E-state index contributed by atoms with van der Waals surface area (Å²) in [5.74, 6) is 0. The average molecular weight is 224 g/mol. The van der Waals surface area contributed by atoms with Gasteiger partial charge in [0.15, 0.2) is 0 Å². The fourth-order valence-corrected chi connectivity index (χ4v) is 1.18. The smallest absolute Gasteiger partial charge is 0.411 e. The molecule has 1 rings (SSSR count). The first-order chi connectivity index (χ1) is 7.41. The van der Waals surface area contributed by atoms with E-state index in [-0.39, 0.29) is 0 Å². The van der Waals surface area contributed by atoms with E-state index in [0.717, 1.165) is 10.5 Å². The Morgan fingerprint density at radius 1 is 1.31 bits per heavy atom. The van der Waals surface area contributed by atoms with E-state index >= 15 is 0 Å². The summed E-state index contributed by atoms with van der Waals surface area (Å²) in [4.78, 5) is 22.2. The normalized spacial score (nSPS) is 9.62. The van der Waals surface area contributed by atoms with Crippen molar-refractivity contribution in [3.05, 3.63) is 23.8 Å². The molecule has 0 atom stereocenters. The number of carbonyl (C=O) groups is 2. The van der Waals surface area contributed by atoms with Crippen LogP contribution in [0.4, 0.5) is 21.0 Å². The van der Waals surface area contributed by atoms with Crippen molar-refractivity contribution >= 4 is 23.6 Å². The minimum atomic E-state index is -1.18. The van der Waals surface area contributed by atoms with Gasteiger partial charge in [0.1, 0.15) is 0 Å². The first-order valence-corrected chi connectivity index (χ1v) is 4.49. The van der Waals surface area contributed by atoms with Crippen molar-refractivity contribution in [2.75, 3.05) is 17.3 Å². The van der Waals surface area contributed by atoms with E-state index in [4.69, 9.17) is 10.2 Å². The number of benzene rings is 1. The number of amides is 2. The van der Waals surface area contributed by atoms with Crippen LogP contribution in [0.2, 0.25) is 0 Å². The molecule has 0 saturated carbocycles. The molecule has 86 valence electrons. The molecule has 1 aromatic rings. The maximum atomic E-state index is 10.7. The van der Waals surface area contributed by atoms with Crippen LogP contribution in [0.25, 0.3) is 0 Å². The number of anilines is 2. The standard InChI is InChI=1S/C10H12N2O4/c1-6-3-4-7(12(2)10(15)16)5-8(6)11-9(13)14/h3-5,11H,1-2H3,(H,13,14)(H,15,16). The quantitative estimate of drug-likeness (QED) is 0.718. The highest BCUT2D eigenvalue weighted by atomic mass is 16.4. The maximum Gasteiger partial charge on any atom is 0.411 e. The summed E-state index contributed by atoms with van der Waals surface area (Å²) >= 11 is 0. The predicted octanol–water partition coefficient (Wildman–Crippen LogP) is 2.20. The molecule has 0 aliphatic heterocycles. The number of carboxylic acid groups (broad SMARTS) is 2. The van der Waals surface area contributed by atoms with E-state index in [1.54, 1.807) is 19.1 Å². The van der Waals surface area contributed by atoms with Gasteiger partial charge in [-0.15, -0.1) is 0 Å². The Bertz CT molecular complexity index is 431. The van der Waals surface area contributed by atoms with Gasteiger partial charge in [-0.2, -0.15) is 0 Å². The summed E-state index contributed by atoms with van der Waals surface area (Å²) < 4.78 is 0. The Hall–Kier alpha value is -2.24. The molecule has 0 aromatic heterocycles. The molecule has 0 heterocycles. The lowest BCUT2D eigenvalue weighted by Crippen LogP contribution is -2.24. The predicted molar refractivity (Wildman–Crippen MR) is 59.3 cm³/mol. The highest BCUT2D eigenvalue weighted by molar-refractivity contribution is 5.89. The zero-order valence-electron chi connectivity index (χ0n) is 8.89. The van der Waals surface area contributed by atoms with Gasteiger partial charge in [-0.1, -0.05) is 6.07 Å². The van der Waals surface area contributed by atoms with E-state index in [2.05, 4.69) is 5.32 Å². The summed E-state index contributed by atoms with van der Waals surface area (Å²) in [5.41, 5.74) is 1.50. The van der Waals surface area contributed by atoms with Crippen LogP contribution in [0.1, 0.15) is 5.56 Å². The molecule has 0 unspecified atom stereocenters. The van der Waals surface area contributed by atoms with Crippen molar-refractivity contribution in [3.63, 3.8) is 0 Å². The highest BCUT2D eigenvalue weighted by Gasteiger charge is 2.10. The molecule has 3 N–H and O–H groups in total. The van der Waals surface area contributed by atoms with Crippen LogP contribution in [0, 0.1) is 6.92 Å². The lowest BCUT2D eigenvalue weighted by molar-refractivity contribution is 0.203. The summed E-state index contributed by atoms with van der Waals surface area (Å²) in [6.45, 7) is 1.73. The largest absolute Gasteiger partial charge is 0.465 e. The van der Waals surface area contributed by atoms with E-state index in [1.807, 2.05) is 0 Å². The van der Waals surface area contributed by atoms with E-state index < -0.39 is 12.2 Å². The summed E-state index contributed by atoms with van der Waals surface area (Å²) in [6, 6.07) is 4.73. The average Bonchev–Trinajstić information content (AvgIpc) is 2.19. The lowest BCUT2D eigenvalue weighted by Gasteiger charge is -2.15. The topological polar surface area (TPSA) is 89.9 Å². The van der Waals surface area contributed by atoms with Crippen molar-refractivity contribution in [2.24, 2.45) is 0 Å². The Balaban J connectivity index is 3.06. The van der Waals surface area contributed by atoms with Crippen molar-refractivity contribution in [3.8, 4) is 0 Å². The Kier molecular flexibility index (Phi) is 3.34. The van der Waals surface area contributed by atoms with E-state index in [9.17, 15) is 9.59 Å². The monoisotopic (exact) mass is 224 g/mol. The number of hydrogen-bond acceptors (Lipinski definition) is 2. The van der Waals surface area contributed by atoms with Crippen LogP contribution in [-0.4, -0.2) is 29.4 Å². The SMILES string of the molecule is Cc1ccc(N(C)C(=O)O)cc1NC(=O)O. The van der Waals surface area contributed by atoms with Gasteiger partial charge in [-0.05, 0) is 24.6 Å². The lowest BCUT2D eigenvalue weighted by atomic mass is 10.1. The highest BCUT2D eigenvalue weighted by Crippen LogP contribution is 2.22. The maximum absolute atomic E-state index is 10.7. The third kappa shape index (κ3) is 2.63. The Morgan fingerprint density at radius 3 is 2.44 bits per heavy atom. The molecule has 0 aliphatic carbocycles. The molecule has 0 aliphatic rings. The van der Waals surface area contributed by atoms with Crippen LogP contribution >= 0.6 is 0 Å². The zero-order valence-corrected chi connectivity index (χ0v) is 8.89. The van der Waals surface area contributed by atoms with Crippen LogP contribution in [0.5, 0.6) is 0 Å². The van der Waals surface area contributed by atoms with E-state index in [0.29, 0.717) is 11.4 Å². The number of rotatable bonds is 2. The Labute approximate surface area is 92.1 Å². The van der Waals surface area contributed by atoms with Gasteiger partial charge in [0, 0.05) is 18.4 Å². The molecule has 0 saturated heterocycles. The second-order valence-electron chi connectivity index (χ2n) is 3.27. The fraction of sp³-hybridized carbons (Fsp3) is 0.200. The molecule has 0 spiro atoms. The fourth-order valence-electron chi connectivity index (χ4n) is 1.18. The number of aryl methyl sites for hydroxylation is 1. The van der Waals surface area contributed by atoms with Crippen molar-refractivity contribution in [1.29, 1.82) is 0 Å². The molecule has 0 fully saturated rings. The van der Waals surface area contributed by atoms with Crippen molar-refractivity contribution in [1.82, 2.24) is 0 Å². The van der Waals surface area contributed by atoms with Crippen LogP contribution < -0.4 is 10.2 Å². The van der Waals surface area contributed by atoms with E-state index in [1.165, 1.54) is 13.1 Å². The number of nitrogens with zero attached hydrogens (tertiary/aromatic N) is 1. The van der Waals surface area contributed by atoms with Crippen LogP contribution in [0.15, 0.2) is 18.2 Å². The number of hydrogen-bond donors (Lipinski definition) is 3. The first-order valence-electron chi connectivity index (χ1n) is 4.49. The summed E-state index contributed by atoms with van der Waals surface area (Å²) in [5, 5.41) is 19.6. The second-order valence-corrected chi connectivity index (χ2v) is 3.27. The molecule has 16 heavy (non-hydrogen) atoms.